The van der Waals surface area contributed by atoms with Crippen molar-refractivity contribution < 1.29 is 9.47 Å². The summed E-state index contributed by atoms with van der Waals surface area (Å²) >= 11 is 0. The zero-order chi connectivity index (χ0) is 12.7. The summed E-state index contributed by atoms with van der Waals surface area (Å²) in [6.07, 6.45) is 1.77. The number of guanidine groups is 1. The van der Waals surface area contributed by atoms with E-state index in [-0.39, 0.29) is 5.60 Å². The van der Waals surface area contributed by atoms with E-state index < -0.39 is 0 Å². The van der Waals surface area contributed by atoms with Crippen LogP contribution in [0.2, 0.25) is 0 Å². The fraction of sp³-hybridized carbons (Fsp3) is 0.917. The van der Waals surface area contributed by atoms with E-state index in [4.69, 9.17) is 15.2 Å². The Morgan fingerprint density at radius 1 is 1.35 bits per heavy atom. The molecule has 1 aliphatic heterocycles. The van der Waals surface area contributed by atoms with E-state index in [0.717, 1.165) is 39.1 Å². The molecule has 5 nitrogen and oxygen atoms in total. The largest absolute Gasteiger partial charge is 0.381 e. The molecule has 0 aromatic carbocycles. The van der Waals surface area contributed by atoms with Gasteiger partial charge in [-0.3, -0.25) is 4.99 Å². The number of hydrogen-bond donors (Lipinski definition) is 1. The number of aliphatic imine (C=N–C) groups is 1. The van der Waals surface area contributed by atoms with Gasteiger partial charge in [0.1, 0.15) is 0 Å². The van der Waals surface area contributed by atoms with Crippen LogP contribution in [0.3, 0.4) is 0 Å². The van der Waals surface area contributed by atoms with Gasteiger partial charge in [0.15, 0.2) is 5.96 Å². The average molecular weight is 243 g/mol. The summed E-state index contributed by atoms with van der Waals surface area (Å²) in [7, 11) is 1.74. The lowest BCUT2D eigenvalue weighted by atomic mass is 9.94. The van der Waals surface area contributed by atoms with E-state index in [1.807, 2.05) is 4.90 Å². The maximum absolute atomic E-state index is 5.96. The molecule has 1 saturated heterocycles. The van der Waals surface area contributed by atoms with Gasteiger partial charge in [0.2, 0.25) is 0 Å². The van der Waals surface area contributed by atoms with Gasteiger partial charge in [0.25, 0.3) is 0 Å². The Balaban J connectivity index is 2.59. The first-order valence-electron chi connectivity index (χ1n) is 6.35. The Bertz CT molecular complexity index is 246. The van der Waals surface area contributed by atoms with Crippen LogP contribution in [0, 0.1) is 0 Å². The molecule has 0 amide bonds. The zero-order valence-corrected chi connectivity index (χ0v) is 11.2. The smallest absolute Gasteiger partial charge is 0.191 e. The van der Waals surface area contributed by atoms with Crippen molar-refractivity contribution in [1.82, 2.24) is 4.90 Å². The molecule has 0 atom stereocenters. The standard InChI is InChI=1S/C12H25N3O2/c1-4-15(5-2)11(13)14-10-12(16-3)6-8-17-9-7-12/h4-10H2,1-3H3,(H2,13,14). The fourth-order valence-corrected chi connectivity index (χ4v) is 2.04. The molecule has 0 aromatic heterocycles. The number of methoxy groups -OCH3 is 1. The molecule has 1 rings (SSSR count). The van der Waals surface area contributed by atoms with Crippen LogP contribution in [0.1, 0.15) is 26.7 Å². The van der Waals surface area contributed by atoms with Crippen molar-refractivity contribution >= 4 is 5.96 Å². The van der Waals surface area contributed by atoms with Gasteiger partial charge in [-0.25, -0.2) is 0 Å². The minimum Gasteiger partial charge on any atom is -0.381 e. The third kappa shape index (κ3) is 3.85. The Labute approximate surface area is 104 Å². The second-order valence-electron chi connectivity index (χ2n) is 4.35. The topological polar surface area (TPSA) is 60.1 Å². The number of hydrogen-bond acceptors (Lipinski definition) is 3. The molecular weight excluding hydrogens is 218 g/mol. The predicted molar refractivity (Wildman–Crippen MR) is 69.2 cm³/mol. The second-order valence-corrected chi connectivity index (χ2v) is 4.35. The molecule has 2 N–H and O–H groups in total. The molecule has 1 fully saturated rings. The maximum atomic E-state index is 5.96. The Kier molecular flexibility index (Phi) is 5.71. The van der Waals surface area contributed by atoms with Crippen LogP contribution in [-0.4, -0.2) is 56.4 Å². The molecule has 5 heteroatoms. The highest BCUT2D eigenvalue weighted by Gasteiger charge is 2.32. The molecule has 0 aliphatic carbocycles. The van der Waals surface area contributed by atoms with Crippen molar-refractivity contribution in [2.45, 2.75) is 32.3 Å². The van der Waals surface area contributed by atoms with Crippen molar-refractivity contribution in [1.29, 1.82) is 0 Å². The molecule has 100 valence electrons. The van der Waals surface area contributed by atoms with Crippen molar-refractivity contribution in [3.05, 3.63) is 0 Å². The van der Waals surface area contributed by atoms with Gasteiger partial charge < -0.3 is 20.1 Å². The van der Waals surface area contributed by atoms with Crippen molar-refractivity contribution in [3.8, 4) is 0 Å². The second kappa shape index (κ2) is 6.81. The first-order chi connectivity index (χ1) is 8.17. The van der Waals surface area contributed by atoms with Crippen molar-refractivity contribution in [2.24, 2.45) is 10.7 Å². The van der Waals surface area contributed by atoms with Crippen LogP contribution < -0.4 is 5.73 Å². The summed E-state index contributed by atoms with van der Waals surface area (Å²) < 4.78 is 11.0. The predicted octanol–water partition coefficient (Wildman–Crippen LogP) is 0.838. The lowest BCUT2D eigenvalue weighted by Crippen LogP contribution is -2.43. The van der Waals surface area contributed by atoms with Crippen LogP contribution in [0.15, 0.2) is 4.99 Å². The molecular formula is C12H25N3O2. The van der Waals surface area contributed by atoms with Gasteiger partial charge in [-0.1, -0.05) is 0 Å². The number of nitrogens with two attached hydrogens (primary N) is 1. The lowest BCUT2D eigenvalue weighted by Gasteiger charge is -2.34. The summed E-state index contributed by atoms with van der Waals surface area (Å²) in [6.45, 7) is 8.03. The maximum Gasteiger partial charge on any atom is 0.191 e. The molecule has 0 spiro atoms. The Hall–Kier alpha value is -0.810. The third-order valence-electron chi connectivity index (χ3n) is 3.45. The van der Waals surface area contributed by atoms with Gasteiger partial charge in [-0.2, -0.15) is 0 Å². The average Bonchev–Trinajstić information content (AvgIpc) is 2.39. The van der Waals surface area contributed by atoms with Crippen LogP contribution in [0.5, 0.6) is 0 Å². The van der Waals surface area contributed by atoms with Gasteiger partial charge in [-0.15, -0.1) is 0 Å². The van der Waals surface area contributed by atoms with Crippen LogP contribution >= 0.6 is 0 Å². The van der Waals surface area contributed by atoms with Crippen molar-refractivity contribution in [2.75, 3.05) is 40.0 Å². The van der Waals surface area contributed by atoms with Crippen LogP contribution in [0.25, 0.3) is 0 Å². The monoisotopic (exact) mass is 243 g/mol. The van der Waals surface area contributed by atoms with Gasteiger partial charge in [-0.05, 0) is 13.8 Å². The van der Waals surface area contributed by atoms with Crippen LogP contribution in [0.4, 0.5) is 0 Å². The van der Waals surface area contributed by atoms with Crippen molar-refractivity contribution in [3.63, 3.8) is 0 Å². The molecule has 0 unspecified atom stereocenters. The van der Waals surface area contributed by atoms with E-state index in [1.165, 1.54) is 0 Å². The lowest BCUT2D eigenvalue weighted by molar-refractivity contribution is -0.0829. The van der Waals surface area contributed by atoms with Crippen LogP contribution in [-0.2, 0) is 9.47 Å². The normalized spacial score (nSPS) is 20.3. The molecule has 0 bridgehead atoms. The number of ether oxygens (including phenoxy) is 2. The van der Waals surface area contributed by atoms with Gasteiger partial charge >= 0.3 is 0 Å². The highest BCUT2D eigenvalue weighted by molar-refractivity contribution is 5.78. The molecule has 0 radical (unpaired) electrons. The minimum absolute atomic E-state index is 0.185. The fourth-order valence-electron chi connectivity index (χ4n) is 2.04. The Morgan fingerprint density at radius 3 is 2.41 bits per heavy atom. The highest BCUT2D eigenvalue weighted by Crippen LogP contribution is 2.24. The van der Waals surface area contributed by atoms with E-state index >= 15 is 0 Å². The van der Waals surface area contributed by atoms with E-state index in [2.05, 4.69) is 18.8 Å². The molecule has 0 aromatic rings. The molecule has 1 aliphatic rings. The van der Waals surface area contributed by atoms with E-state index in [0.29, 0.717) is 12.5 Å². The first-order valence-corrected chi connectivity index (χ1v) is 6.35. The number of rotatable bonds is 5. The summed E-state index contributed by atoms with van der Waals surface area (Å²) in [6, 6.07) is 0. The van der Waals surface area contributed by atoms with Gasteiger partial charge in [0, 0.05) is 46.3 Å². The summed E-state index contributed by atoms with van der Waals surface area (Å²) in [4.78, 5) is 6.52. The summed E-state index contributed by atoms with van der Waals surface area (Å²) in [5.74, 6) is 0.609. The molecule has 0 saturated carbocycles. The first kappa shape index (κ1) is 14.3. The van der Waals surface area contributed by atoms with E-state index in [9.17, 15) is 0 Å². The minimum atomic E-state index is -0.185. The molecule has 1 heterocycles. The third-order valence-corrected chi connectivity index (χ3v) is 3.45. The summed E-state index contributed by atoms with van der Waals surface area (Å²) in [5, 5.41) is 0. The Morgan fingerprint density at radius 2 is 1.94 bits per heavy atom. The highest BCUT2D eigenvalue weighted by atomic mass is 16.5. The quantitative estimate of drug-likeness (QED) is 0.574. The van der Waals surface area contributed by atoms with E-state index in [1.54, 1.807) is 7.11 Å². The molecule has 17 heavy (non-hydrogen) atoms. The SMILES string of the molecule is CCN(CC)C(N)=NCC1(OC)CCOCC1. The number of nitrogens with zero attached hydrogens (tertiary/aromatic N) is 2. The zero-order valence-electron chi connectivity index (χ0n) is 11.2. The van der Waals surface area contributed by atoms with Gasteiger partial charge in [0.05, 0.1) is 12.1 Å². The summed E-state index contributed by atoms with van der Waals surface area (Å²) in [5.41, 5.74) is 5.77.